The Morgan fingerprint density at radius 1 is 1.53 bits per heavy atom. The summed E-state index contributed by atoms with van der Waals surface area (Å²) in [7, 11) is 0. The summed E-state index contributed by atoms with van der Waals surface area (Å²) in [6.45, 7) is 3.92. The van der Waals surface area contributed by atoms with Crippen LogP contribution in [-0.2, 0) is 0 Å². The maximum Gasteiger partial charge on any atom is 0.253 e. The number of likely N-dealkylation sites (tertiary alicyclic amines) is 1. The van der Waals surface area contributed by atoms with Gasteiger partial charge < -0.3 is 4.90 Å². The Morgan fingerprint density at radius 3 is 2.94 bits per heavy atom. The molecule has 0 aromatic heterocycles. The number of hydrogen-bond donors (Lipinski definition) is 0. The number of nitrogens with zero attached hydrogens (tertiary/aromatic N) is 1. The first-order valence-corrected chi connectivity index (χ1v) is 6.99. The van der Waals surface area contributed by atoms with Gasteiger partial charge in [-0.25, -0.2) is 0 Å². The Bertz CT molecular complexity index is 435. The Hall–Kier alpha value is -0.540. The molecular formula is C13H15BrClNO. The number of rotatable bonds is 1. The van der Waals surface area contributed by atoms with E-state index in [1.807, 2.05) is 4.90 Å². The number of amides is 1. The highest BCUT2D eigenvalue weighted by Gasteiger charge is 2.22. The molecule has 1 atom stereocenters. The molecule has 1 saturated heterocycles. The lowest BCUT2D eigenvalue weighted by atomic mass is 9.99. The number of carbonyl (C=O) groups excluding carboxylic acids is 1. The van der Waals surface area contributed by atoms with E-state index in [0.717, 1.165) is 24.0 Å². The van der Waals surface area contributed by atoms with E-state index in [9.17, 15) is 4.79 Å². The zero-order valence-corrected chi connectivity index (χ0v) is 12.1. The van der Waals surface area contributed by atoms with Gasteiger partial charge in [-0.05, 0) is 52.9 Å². The van der Waals surface area contributed by atoms with Gasteiger partial charge >= 0.3 is 0 Å². The Morgan fingerprint density at radius 2 is 2.29 bits per heavy atom. The molecule has 2 nitrogen and oxygen atoms in total. The molecule has 1 aliphatic heterocycles. The first-order chi connectivity index (χ1) is 8.08. The monoisotopic (exact) mass is 315 g/mol. The van der Waals surface area contributed by atoms with Crippen molar-refractivity contribution in [2.45, 2.75) is 19.8 Å². The largest absolute Gasteiger partial charge is 0.338 e. The summed E-state index contributed by atoms with van der Waals surface area (Å²) in [4.78, 5) is 14.2. The van der Waals surface area contributed by atoms with Crippen LogP contribution in [0.15, 0.2) is 22.7 Å². The molecule has 0 N–H and O–H groups in total. The fraction of sp³-hybridized carbons (Fsp3) is 0.462. The minimum absolute atomic E-state index is 0.105. The van der Waals surface area contributed by atoms with Crippen molar-refractivity contribution in [1.82, 2.24) is 4.90 Å². The Kier molecular flexibility index (Phi) is 4.10. The van der Waals surface area contributed by atoms with Crippen molar-refractivity contribution in [3.8, 4) is 0 Å². The van der Waals surface area contributed by atoms with Crippen molar-refractivity contribution in [3.05, 3.63) is 33.3 Å². The Balaban J connectivity index is 2.15. The summed E-state index contributed by atoms with van der Waals surface area (Å²) in [5, 5.41) is 0.633. The van der Waals surface area contributed by atoms with Crippen LogP contribution in [0.5, 0.6) is 0 Å². The molecule has 2 rings (SSSR count). The van der Waals surface area contributed by atoms with Gasteiger partial charge in [-0.3, -0.25) is 4.79 Å². The van der Waals surface area contributed by atoms with E-state index >= 15 is 0 Å². The molecule has 0 radical (unpaired) electrons. The molecule has 1 aromatic rings. The van der Waals surface area contributed by atoms with Crippen LogP contribution >= 0.6 is 27.5 Å². The SMILES string of the molecule is CC1CCCN(C(=O)c2ccc(Cl)c(Br)c2)C1. The van der Waals surface area contributed by atoms with Crippen LogP contribution in [0.2, 0.25) is 5.02 Å². The van der Waals surface area contributed by atoms with Crippen LogP contribution < -0.4 is 0 Å². The van der Waals surface area contributed by atoms with Crippen molar-refractivity contribution in [2.75, 3.05) is 13.1 Å². The highest BCUT2D eigenvalue weighted by atomic mass is 79.9. The van der Waals surface area contributed by atoms with Crippen LogP contribution in [0.25, 0.3) is 0 Å². The fourth-order valence-corrected chi connectivity index (χ4v) is 2.68. The van der Waals surface area contributed by atoms with Crippen LogP contribution in [0.1, 0.15) is 30.1 Å². The molecule has 17 heavy (non-hydrogen) atoms. The van der Waals surface area contributed by atoms with Crippen molar-refractivity contribution < 1.29 is 4.79 Å². The highest BCUT2D eigenvalue weighted by Crippen LogP contribution is 2.25. The topological polar surface area (TPSA) is 20.3 Å². The van der Waals surface area contributed by atoms with Gasteiger partial charge in [0.1, 0.15) is 0 Å². The van der Waals surface area contributed by atoms with E-state index in [1.165, 1.54) is 6.42 Å². The van der Waals surface area contributed by atoms with Crippen LogP contribution in [0.4, 0.5) is 0 Å². The van der Waals surface area contributed by atoms with Gasteiger partial charge in [0.05, 0.1) is 5.02 Å². The zero-order chi connectivity index (χ0) is 12.4. The second kappa shape index (κ2) is 5.40. The van der Waals surface area contributed by atoms with Gasteiger partial charge in [0.2, 0.25) is 0 Å². The summed E-state index contributed by atoms with van der Waals surface area (Å²) in [5.74, 6) is 0.706. The van der Waals surface area contributed by atoms with E-state index in [4.69, 9.17) is 11.6 Å². The molecule has 1 aromatic carbocycles. The van der Waals surface area contributed by atoms with Gasteiger partial charge in [-0.15, -0.1) is 0 Å². The second-order valence-electron chi connectivity index (χ2n) is 4.63. The molecule has 1 aliphatic rings. The summed E-state index contributed by atoms with van der Waals surface area (Å²) in [6.07, 6.45) is 2.32. The number of hydrogen-bond acceptors (Lipinski definition) is 1. The molecule has 1 fully saturated rings. The minimum Gasteiger partial charge on any atom is -0.338 e. The number of halogens is 2. The number of carbonyl (C=O) groups is 1. The summed E-state index contributed by atoms with van der Waals surface area (Å²) < 4.78 is 0.773. The average Bonchev–Trinajstić information content (AvgIpc) is 2.32. The molecule has 92 valence electrons. The third-order valence-corrected chi connectivity index (χ3v) is 4.32. The van der Waals surface area contributed by atoms with Gasteiger partial charge in [0, 0.05) is 23.1 Å². The molecule has 0 saturated carbocycles. The standard InChI is InChI=1S/C13H15BrClNO/c1-9-3-2-6-16(8-9)13(17)10-4-5-12(15)11(14)7-10/h4-5,7,9H,2-3,6,8H2,1H3. The van der Waals surface area contributed by atoms with Crippen LogP contribution in [-0.4, -0.2) is 23.9 Å². The maximum atomic E-state index is 12.3. The zero-order valence-electron chi connectivity index (χ0n) is 9.75. The first kappa shape index (κ1) is 12.9. The van der Waals surface area contributed by atoms with Crippen molar-refractivity contribution in [1.29, 1.82) is 0 Å². The first-order valence-electron chi connectivity index (χ1n) is 5.82. The molecule has 0 spiro atoms. The van der Waals surface area contributed by atoms with Crippen LogP contribution in [0, 0.1) is 5.92 Å². The van der Waals surface area contributed by atoms with Gasteiger partial charge in [-0.2, -0.15) is 0 Å². The molecule has 0 aliphatic carbocycles. The van der Waals surface area contributed by atoms with Crippen molar-refractivity contribution in [2.24, 2.45) is 5.92 Å². The lowest BCUT2D eigenvalue weighted by molar-refractivity contribution is 0.0683. The minimum atomic E-state index is 0.105. The van der Waals surface area contributed by atoms with Gasteiger partial charge in [0.25, 0.3) is 5.91 Å². The van der Waals surface area contributed by atoms with E-state index < -0.39 is 0 Å². The molecule has 0 bridgehead atoms. The predicted octanol–water partition coefficient (Wildman–Crippen LogP) is 3.97. The molecule has 1 heterocycles. The van der Waals surface area contributed by atoms with E-state index in [0.29, 0.717) is 16.5 Å². The van der Waals surface area contributed by atoms with E-state index in [2.05, 4.69) is 22.9 Å². The van der Waals surface area contributed by atoms with E-state index in [1.54, 1.807) is 18.2 Å². The maximum absolute atomic E-state index is 12.3. The lowest BCUT2D eigenvalue weighted by Crippen LogP contribution is -2.39. The second-order valence-corrected chi connectivity index (χ2v) is 5.89. The normalized spacial score (nSPS) is 20.4. The number of benzene rings is 1. The number of piperidine rings is 1. The third kappa shape index (κ3) is 3.02. The summed E-state index contributed by atoms with van der Waals surface area (Å²) in [6, 6.07) is 5.34. The summed E-state index contributed by atoms with van der Waals surface area (Å²) >= 11 is 9.27. The predicted molar refractivity (Wildman–Crippen MR) is 73.5 cm³/mol. The van der Waals surface area contributed by atoms with E-state index in [-0.39, 0.29) is 5.91 Å². The fourth-order valence-electron chi connectivity index (χ4n) is 2.19. The van der Waals surface area contributed by atoms with Crippen molar-refractivity contribution >= 4 is 33.4 Å². The molecule has 1 unspecified atom stereocenters. The molecule has 1 amide bonds. The van der Waals surface area contributed by atoms with Crippen LogP contribution in [0.3, 0.4) is 0 Å². The highest BCUT2D eigenvalue weighted by molar-refractivity contribution is 9.10. The quantitative estimate of drug-likeness (QED) is 0.767. The molecule has 4 heteroatoms. The van der Waals surface area contributed by atoms with Gasteiger partial charge in [-0.1, -0.05) is 18.5 Å². The average molecular weight is 317 g/mol. The third-order valence-electron chi connectivity index (χ3n) is 3.11. The smallest absolute Gasteiger partial charge is 0.253 e. The van der Waals surface area contributed by atoms with Gasteiger partial charge in [0.15, 0.2) is 0 Å². The molecular weight excluding hydrogens is 302 g/mol. The Labute approximate surface area is 115 Å². The lowest BCUT2D eigenvalue weighted by Gasteiger charge is -2.31. The summed E-state index contributed by atoms with van der Waals surface area (Å²) in [5.41, 5.74) is 0.704. The van der Waals surface area contributed by atoms with Crippen molar-refractivity contribution in [3.63, 3.8) is 0 Å².